The van der Waals surface area contributed by atoms with Crippen molar-refractivity contribution in [1.82, 2.24) is 4.72 Å². The largest absolute Gasteiger partial charge is 0.381 e. The lowest BCUT2D eigenvalue weighted by Crippen LogP contribution is -2.34. The molecule has 1 aliphatic carbocycles. The van der Waals surface area contributed by atoms with Gasteiger partial charge in [0.15, 0.2) is 0 Å². The molecule has 1 aliphatic rings. The van der Waals surface area contributed by atoms with E-state index in [-0.39, 0.29) is 0 Å². The van der Waals surface area contributed by atoms with E-state index in [0.29, 0.717) is 28.5 Å². The lowest BCUT2D eigenvalue weighted by Gasteiger charge is -2.34. The molecule has 1 fully saturated rings. The first kappa shape index (κ1) is 15.3. The van der Waals surface area contributed by atoms with Crippen molar-refractivity contribution in [3.05, 3.63) is 24.3 Å². The molecule has 5 heteroatoms. The van der Waals surface area contributed by atoms with Gasteiger partial charge in [-0.1, -0.05) is 32.4 Å². The second-order valence-electron chi connectivity index (χ2n) is 5.85. The van der Waals surface area contributed by atoms with Crippen LogP contribution in [-0.4, -0.2) is 21.5 Å². The molecule has 0 radical (unpaired) electrons. The highest BCUT2D eigenvalue weighted by atomic mass is 32.2. The first-order chi connectivity index (χ1) is 9.44. The maximum Gasteiger partial charge on any atom is 0.242 e. The fourth-order valence-electron chi connectivity index (χ4n) is 2.86. The summed E-state index contributed by atoms with van der Waals surface area (Å²) in [6.07, 6.45) is 3.55. The van der Waals surface area contributed by atoms with Crippen LogP contribution in [0.25, 0.3) is 0 Å². The van der Waals surface area contributed by atoms with Gasteiger partial charge in [-0.2, -0.15) is 0 Å². The van der Waals surface area contributed by atoms with Gasteiger partial charge in [0.25, 0.3) is 0 Å². The predicted octanol–water partition coefficient (Wildman–Crippen LogP) is 2.83. The van der Waals surface area contributed by atoms with Gasteiger partial charge in [0.2, 0.25) is 10.0 Å². The molecule has 0 bridgehead atoms. The maximum atomic E-state index is 12.1. The van der Waals surface area contributed by atoms with E-state index in [4.69, 9.17) is 0 Å². The lowest BCUT2D eigenvalue weighted by molar-refractivity contribution is 0.280. The van der Waals surface area contributed by atoms with Crippen LogP contribution in [0, 0.1) is 11.8 Å². The Bertz CT molecular complexity index is 557. The molecule has 1 aromatic rings. The Morgan fingerprint density at radius 1 is 1.15 bits per heavy atom. The Balaban J connectivity index is 2.25. The Labute approximate surface area is 122 Å². The number of hydrogen-bond acceptors (Lipinski definition) is 3. The zero-order valence-corrected chi connectivity index (χ0v) is 13.2. The van der Waals surface area contributed by atoms with E-state index in [1.165, 1.54) is 19.9 Å². The standard InChI is InChI=1S/C15H24N2O2S/c1-11-8-9-12(2)14(10-11)17-13-6-4-5-7-15(13)20(18,19)16-3/h4-7,11-12,14,16-17H,8-10H2,1-3H3. The minimum Gasteiger partial charge on any atom is -0.381 e. The van der Waals surface area contributed by atoms with Crippen molar-refractivity contribution < 1.29 is 8.42 Å². The van der Waals surface area contributed by atoms with Crippen LogP contribution in [0.4, 0.5) is 5.69 Å². The third-order valence-corrected chi connectivity index (χ3v) is 5.72. The van der Waals surface area contributed by atoms with Crippen LogP contribution in [0.2, 0.25) is 0 Å². The van der Waals surface area contributed by atoms with E-state index < -0.39 is 10.0 Å². The van der Waals surface area contributed by atoms with Crippen molar-refractivity contribution in [2.45, 2.75) is 44.0 Å². The summed E-state index contributed by atoms with van der Waals surface area (Å²) < 4.78 is 26.5. The molecule has 0 amide bonds. The van der Waals surface area contributed by atoms with Gasteiger partial charge in [-0.3, -0.25) is 0 Å². The second-order valence-corrected chi connectivity index (χ2v) is 7.71. The normalized spacial score (nSPS) is 27.2. The molecule has 0 saturated heterocycles. The van der Waals surface area contributed by atoms with Gasteiger partial charge in [-0.25, -0.2) is 13.1 Å². The SMILES string of the molecule is CNS(=O)(=O)c1ccccc1NC1CC(C)CCC1C. The third-order valence-electron chi connectivity index (χ3n) is 4.24. The predicted molar refractivity (Wildman–Crippen MR) is 82.3 cm³/mol. The zero-order valence-electron chi connectivity index (χ0n) is 12.4. The third kappa shape index (κ3) is 3.33. The van der Waals surface area contributed by atoms with E-state index in [1.807, 2.05) is 12.1 Å². The van der Waals surface area contributed by atoms with Crippen molar-refractivity contribution in [2.24, 2.45) is 11.8 Å². The highest BCUT2D eigenvalue weighted by Crippen LogP contribution is 2.32. The number of sulfonamides is 1. The van der Waals surface area contributed by atoms with E-state index in [1.54, 1.807) is 12.1 Å². The number of anilines is 1. The molecule has 1 aromatic carbocycles. The van der Waals surface area contributed by atoms with Gasteiger partial charge in [0, 0.05) is 6.04 Å². The quantitative estimate of drug-likeness (QED) is 0.898. The molecule has 0 aliphatic heterocycles. The van der Waals surface area contributed by atoms with Crippen LogP contribution in [0.3, 0.4) is 0 Å². The Kier molecular flexibility index (Phi) is 4.70. The van der Waals surface area contributed by atoms with Crippen LogP contribution < -0.4 is 10.0 Å². The minimum atomic E-state index is -3.42. The maximum absolute atomic E-state index is 12.1. The van der Waals surface area contributed by atoms with Crippen molar-refractivity contribution in [3.63, 3.8) is 0 Å². The Hall–Kier alpha value is -1.07. The van der Waals surface area contributed by atoms with E-state index in [9.17, 15) is 8.42 Å². The second kappa shape index (κ2) is 6.14. The number of rotatable bonds is 4. The van der Waals surface area contributed by atoms with Crippen LogP contribution in [0.5, 0.6) is 0 Å². The molecule has 2 rings (SSSR count). The smallest absolute Gasteiger partial charge is 0.242 e. The highest BCUT2D eigenvalue weighted by molar-refractivity contribution is 7.89. The summed E-state index contributed by atoms with van der Waals surface area (Å²) in [4.78, 5) is 0.327. The summed E-state index contributed by atoms with van der Waals surface area (Å²) in [5.41, 5.74) is 0.702. The van der Waals surface area contributed by atoms with Gasteiger partial charge in [-0.15, -0.1) is 0 Å². The van der Waals surface area contributed by atoms with Crippen molar-refractivity contribution in [3.8, 4) is 0 Å². The number of para-hydroxylation sites is 1. The molecule has 0 aromatic heterocycles. The van der Waals surface area contributed by atoms with E-state index >= 15 is 0 Å². The molecule has 3 unspecified atom stereocenters. The molecular formula is C15H24N2O2S. The number of benzene rings is 1. The summed E-state index contributed by atoms with van der Waals surface area (Å²) >= 11 is 0. The van der Waals surface area contributed by atoms with Gasteiger partial charge >= 0.3 is 0 Å². The molecule has 3 atom stereocenters. The molecule has 4 nitrogen and oxygen atoms in total. The number of nitrogens with one attached hydrogen (secondary N) is 2. The monoisotopic (exact) mass is 296 g/mol. The van der Waals surface area contributed by atoms with E-state index in [0.717, 1.165) is 6.42 Å². The fraction of sp³-hybridized carbons (Fsp3) is 0.600. The molecule has 20 heavy (non-hydrogen) atoms. The van der Waals surface area contributed by atoms with Gasteiger partial charge < -0.3 is 5.32 Å². The van der Waals surface area contributed by atoms with Crippen molar-refractivity contribution in [2.75, 3.05) is 12.4 Å². The summed E-state index contributed by atoms with van der Waals surface area (Å²) in [5.74, 6) is 1.26. The first-order valence-corrected chi connectivity index (χ1v) is 8.71. The Morgan fingerprint density at radius 2 is 1.85 bits per heavy atom. The fourth-order valence-corrected chi connectivity index (χ4v) is 3.76. The molecular weight excluding hydrogens is 272 g/mol. The van der Waals surface area contributed by atoms with Crippen molar-refractivity contribution >= 4 is 15.7 Å². The van der Waals surface area contributed by atoms with Gasteiger partial charge in [0.1, 0.15) is 4.90 Å². The van der Waals surface area contributed by atoms with Gasteiger partial charge in [-0.05, 0) is 43.9 Å². The van der Waals surface area contributed by atoms with Crippen LogP contribution in [-0.2, 0) is 10.0 Å². The minimum absolute atomic E-state index is 0.327. The first-order valence-electron chi connectivity index (χ1n) is 7.23. The van der Waals surface area contributed by atoms with Crippen LogP contribution >= 0.6 is 0 Å². The summed E-state index contributed by atoms with van der Waals surface area (Å²) in [7, 11) is -1.98. The molecule has 2 N–H and O–H groups in total. The zero-order chi connectivity index (χ0) is 14.8. The highest BCUT2D eigenvalue weighted by Gasteiger charge is 2.27. The Morgan fingerprint density at radius 3 is 2.55 bits per heavy atom. The summed E-state index contributed by atoms with van der Waals surface area (Å²) in [5, 5.41) is 3.45. The topological polar surface area (TPSA) is 58.2 Å². The van der Waals surface area contributed by atoms with E-state index in [2.05, 4.69) is 23.9 Å². The van der Waals surface area contributed by atoms with Crippen LogP contribution in [0.1, 0.15) is 33.1 Å². The summed E-state index contributed by atoms with van der Waals surface area (Å²) in [6.45, 7) is 4.50. The molecule has 0 heterocycles. The molecule has 112 valence electrons. The van der Waals surface area contributed by atoms with Gasteiger partial charge in [0.05, 0.1) is 5.69 Å². The number of hydrogen-bond donors (Lipinski definition) is 2. The lowest BCUT2D eigenvalue weighted by atomic mass is 9.80. The summed E-state index contributed by atoms with van der Waals surface area (Å²) in [6, 6.07) is 7.45. The molecule has 0 spiro atoms. The van der Waals surface area contributed by atoms with Crippen LogP contribution in [0.15, 0.2) is 29.2 Å². The average molecular weight is 296 g/mol. The van der Waals surface area contributed by atoms with Crippen molar-refractivity contribution in [1.29, 1.82) is 0 Å². The average Bonchev–Trinajstić information content (AvgIpc) is 2.43. The molecule has 1 saturated carbocycles.